The van der Waals surface area contributed by atoms with Crippen molar-refractivity contribution < 1.29 is 13.2 Å². The smallest absolute Gasteiger partial charge is 0.324 e. The van der Waals surface area contributed by atoms with Gasteiger partial charge in [-0.05, 0) is 32.0 Å². The first-order chi connectivity index (χ1) is 14.1. The summed E-state index contributed by atoms with van der Waals surface area (Å²) < 4.78 is 34.1. The van der Waals surface area contributed by atoms with E-state index >= 15 is 0 Å². The minimum absolute atomic E-state index is 0.000675. The van der Waals surface area contributed by atoms with Crippen molar-refractivity contribution in [2.75, 3.05) is 4.72 Å². The third-order valence-corrected chi connectivity index (χ3v) is 6.40. The summed E-state index contributed by atoms with van der Waals surface area (Å²) in [4.78, 5) is 20.2. The number of sulfonamides is 1. The molecule has 158 valence electrons. The van der Waals surface area contributed by atoms with Gasteiger partial charge in [0.1, 0.15) is 5.82 Å². The Bertz CT molecular complexity index is 1240. The summed E-state index contributed by atoms with van der Waals surface area (Å²) in [6.07, 6.45) is 1.57. The second-order valence-electron chi connectivity index (χ2n) is 6.64. The highest BCUT2D eigenvalue weighted by atomic mass is 35.5. The number of ether oxygens (including phenoxy) is 1. The van der Waals surface area contributed by atoms with Gasteiger partial charge < -0.3 is 9.30 Å². The molecular weight excluding hydrogens is 451 g/mol. The molecule has 1 aromatic carbocycles. The topological polar surface area (TPSA) is 103 Å². The Hall–Kier alpha value is -2.62. The molecule has 1 N–H and O–H groups in total. The zero-order chi connectivity index (χ0) is 22.1. The molecule has 11 heteroatoms. The highest BCUT2D eigenvalue weighted by molar-refractivity contribution is 7.93. The lowest BCUT2D eigenvalue weighted by molar-refractivity contribution is 0.444. The quantitative estimate of drug-likeness (QED) is 0.583. The molecule has 0 radical (unpaired) electrons. The van der Waals surface area contributed by atoms with Crippen LogP contribution in [0.4, 0.5) is 5.82 Å². The van der Waals surface area contributed by atoms with Gasteiger partial charge in [-0.15, -0.1) is 0 Å². The highest BCUT2D eigenvalue weighted by Crippen LogP contribution is 2.36. The van der Waals surface area contributed by atoms with Crippen molar-refractivity contribution in [3.05, 3.63) is 63.0 Å². The van der Waals surface area contributed by atoms with Crippen LogP contribution in [0.25, 0.3) is 11.3 Å². The van der Waals surface area contributed by atoms with E-state index in [9.17, 15) is 13.2 Å². The van der Waals surface area contributed by atoms with E-state index in [-0.39, 0.29) is 33.2 Å². The molecule has 3 rings (SSSR count). The molecule has 30 heavy (non-hydrogen) atoms. The molecule has 0 bridgehead atoms. The lowest BCUT2D eigenvalue weighted by Crippen LogP contribution is -2.23. The Labute approximate surface area is 183 Å². The number of hydrogen-bond donors (Lipinski definition) is 1. The molecule has 0 aliphatic carbocycles. The second kappa shape index (κ2) is 8.63. The van der Waals surface area contributed by atoms with Crippen LogP contribution >= 0.6 is 23.2 Å². The average Bonchev–Trinajstić information content (AvgIpc) is 2.66. The summed E-state index contributed by atoms with van der Waals surface area (Å²) in [7, 11) is -2.08. The van der Waals surface area contributed by atoms with Gasteiger partial charge >= 0.3 is 6.01 Å². The number of nitrogens with zero attached hydrogens (tertiary/aromatic N) is 3. The molecular formula is C19H18Cl2N4O4S. The van der Waals surface area contributed by atoms with E-state index in [0.29, 0.717) is 11.3 Å². The first-order valence-electron chi connectivity index (χ1n) is 8.76. The van der Waals surface area contributed by atoms with Crippen LogP contribution in [0.3, 0.4) is 0 Å². The minimum atomic E-state index is -3.67. The zero-order valence-corrected chi connectivity index (χ0v) is 18.6. The van der Waals surface area contributed by atoms with Gasteiger partial charge in [-0.2, -0.15) is 9.97 Å². The molecule has 0 aliphatic heterocycles. The fraction of sp³-hybridized carbons (Fsp3) is 0.211. The normalized spacial score (nSPS) is 11.5. The number of halogens is 2. The van der Waals surface area contributed by atoms with Gasteiger partial charge in [-0.25, -0.2) is 8.42 Å². The number of rotatable bonds is 6. The van der Waals surface area contributed by atoms with Crippen molar-refractivity contribution in [2.24, 2.45) is 7.05 Å². The Morgan fingerprint density at radius 3 is 2.37 bits per heavy atom. The molecule has 0 unspecified atom stereocenters. The largest absolute Gasteiger partial charge is 0.421 e. The molecule has 0 fully saturated rings. The number of nitrogens with one attached hydrogen (secondary N) is 1. The molecule has 8 nitrogen and oxygen atoms in total. The summed E-state index contributed by atoms with van der Waals surface area (Å²) in [6.45, 7) is 3.08. The fourth-order valence-corrected chi connectivity index (χ4v) is 3.46. The Kier molecular flexibility index (Phi) is 6.35. The monoisotopic (exact) mass is 468 g/mol. The molecule has 0 atom stereocenters. The Balaban J connectivity index is 2.12. The van der Waals surface area contributed by atoms with Gasteiger partial charge in [0, 0.05) is 30.9 Å². The zero-order valence-electron chi connectivity index (χ0n) is 16.3. The predicted octanol–water partition coefficient (Wildman–Crippen LogP) is 4.09. The standard InChI is InChI=1S/C19H18Cl2N4O4S/c1-11(2)30(27,28)24-16-9-15(12-7-8-17(26)25(3)10-12)22-19(23-16)29-18-13(20)5-4-6-14(18)21/h4-11H,1-3H3,(H,22,23,24). The van der Waals surface area contributed by atoms with Crippen LogP contribution in [0.15, 0.2) is 47.4 Å². The number of pyridine rings is 1. The maximum Gasteiger partial charge on any atom is 0.324 e. The lowest BCUT2D eigenvalue weighted by Gasteiger charge is -2.14. The van der Waals surface area contributed by atoms with Gasteiger partial charge in [-0.1, -0.05) is 29.3 Å². The van der Waals surface area contributed by atoms with Gasteiger partial charge in [0.25, 0.3) is 0 Å². The van der Waals surface area contributed by atoms with Crippen molar-refractivity contribution in [1.82, 2.24) is 14.5 Å². The van der Waals surface area contributed by atoms with Crippen LogP contribution in [-0.4, -0.2) is 28.2 Å². The maximum absolute atomic E-state index is 12.3. The van der Waals surface area contributed by atoms with E-state index in [1.165, 1.54) is 16.7 Å². The van der Waals surface area contributed by atoms with Crippen molar-refractivity contribution in [3.63, 3.8) is 0 Å². The van der Waals surface area contributed by atoms with E-state index in [2.05, 4.69) is 14.7 Å². The lowest BCUT2D eigenvalue weighted by atomic mass is 10.2. The van der Waals surface area contributed by atoms with Gasteiger partial charge in [0.05, 0.1) is 21.0 Å². The van der Waals surface area contributed by atoms with Crippen molar-refractivity contribution in [3.8, 4) is 23.0 Å². The molecule has 0 aliphatic rings. The Morgan fingerprint density at radius 1 is 1.10 bits per heavy atom. The minimum Gasteiger partial charge on any atom is -0.421 e. The number of para-hydroxylation sites is 1. The first-order valence-corrected chi connectivity index (χ1v) is 11.1. The van der Waals surface area contributed by atoms with Crippen molar-refractivity contribution >= 4 is 39.0 Å². The maximum atomic E-state index is 12.3. The van der Waals surface area contributed by atoms with Gasteiger partial charge in [0.2, 0.25) is 15.6 Å². The average molecular weight is 469 g/mol. The fourth-order valence-electron chi connectivity index (χ4n) is 2.35. The van der Waals surface area contributed by atoms with E-state index in [0.717, 1.165) is 0 Å². The first kappa shape index (κ1) is 22.1. The van der Waals surface area contributed by atoms with E-state index in [1.54, 1.807) is 51.4 Å². The van der Waals surface area contributed by atoms with E-state index in [1.807, 2.05) is 0 Å². The van der Waals surface area contributed by atoms with E-state index in [4.69, 9.17) is 27.9 Å². The van der Waals surface area contributed by atoms with Crippen LogP contribution in [0, 0.1) is 0 Å². The third kappa shape index (κ3) is 4.92. The summed E-state index contributed by atoms with van der Waals surface area (Å²) >= 11 is 12.3. The molecule has 0 amide bonds. The highest BCUT2D eigenvalue weighted by Gasteiger charge is 2.19. The molecule has 2 aromatic heterocycles. The summed E-state index contributed by atoms with van der Waals surface area (Å²) in [5.74, 6) is 0.136. The summed E-state index contributed by atoms with van der Waals surface area (Å²) in [5.41, 5.74) is 0.688. The third-order valence-electron chi connectivity index (χ3n) is 4.07. The number of benzene rings is 1. The van der Waals surface area contributed by atoms with Crippen LogP contribution in [0.5, 0.6) is 11.8 Å². The van der Waals surface area contributed by atoms with Crippen molar-refractivity contribution in [2.45, 2.75) is 19.1 Å². The molecule has 0 saturated carbocycles. The van der Waals surface area contributed by atoms with Gasteiger partial charge in [-0.3, -0.25) is 9.52 Å². The van der Waals surface area contributed by atoms with Crippen LogP contribution in [-0.2, 0) is 17.1 Å². The number of hydrogen-bond acceptors (Lipinski definition) is 6. The number of aryl methyl sites for hydroxylation is 1. The molecule has 3 aromatic rings. The second-order valence-corrected chi connectivity index (χ2v) is 9.69. The van der Waals surface area contributed by atoms with Crippen molar-refractivity contribution in [1.29, 1.82) is 0 Å². The van der Waals surface area contributed by atoms with Crippen LogP contribution in [0.2, 0.25) is 10.0 Å². The Morgan fingerprint density at radius 2 is 1.77 bits per heavy atom. The van der Waals surface area contributed by atoms with E-state index < -0.39 is 15.3 Å². The predicted molar refractivity (Wildman–Crippen MR) is 117 cm³/mol. The number of anilines is 1. The van der Waals surface area contributed by atoms with Gasteiger partial charge in [0.15, 0.2) is 5.75 Å². The number of aromatic nitrogens is 3. The molecule has 0 saturated heterocycles. The SMILES string of the molecule is CC(C)S(=O)(=O)Nc1cc(-c2ccc(=O)n(C)c2)nc(Oc2c(Cl)cccc2Cl)n1. The summed E-state index contributed by atoms with van der Waals surface area (Å²) in [6, 6.07) is 9.04. The van der Waals surface area contributed by atoms with Crippen LogP contribution in [0.1, 0.15) is 13.8 Å². The van der Waals surface area contributed by atoms with Crippen LogP contribution < -0.4 is 15.0 Å². The molecule has 0 spiro atoms. The molecule has 2 heterocycles. The summed E-state index contributed by atoms with van der Waals surface area (Å²) in [5, 5.41) is -0.207.